The molecule has 0 saturated heterocycles. The summed E-state index contributed by atoms with van der Waals surface area (Å²) in [7, 11) is 1.98. The summed E-state index contributed by atoms with van der Waals surface area (Å²) in [6.45, 7) is 2.99. The fraction of sp³-hybridized carbons (Fsp3) is 0.600. The number of rotatable bonds is 6. The Kier molecular flexibility index (Phi) is 5.07. The molecule has 1 saturated carbocycles. The second-order valence-electron chi connectivity index (χ2n) is 5.13. The van der Waals surface area contributed by atoms with Crippen molar-refractivity contribution in [3.05, 3.63) is 28.2 Å². The zero-order valence-electron chi connectivity index (χ0n) is 11.2. The van der Waals surface area contributed by atoms with Gasteiger partial charge >= 0.3 is 0 Å². The standard InChI is InChI=1S/C15H22BrNO/c1-11(17-2)14-7-6-13(16)10-15(14)18-9-8-12-4-3-5-12/h6-7,10-12,17H,3-5,8-9H2,1-2H3. The monoisotopic (exact) mass is 311 g/mol. The van der Waals surface area contributed by atoms with Gasteiger partial charge in [-0.3, -0.25) is 0 Å². The highest BCUT2D eigenvalue weighted by Gasteiger charge is 2.17. The Labute approximate surface area is 118 Å². The Balaban J connectivity index is 1.97. The fourth-order valence-corrected chi connectivity index (χ4v) is 2.60. The van der Waals surface area contributed by atoms with Crippen LogP contribution < -0.4 is 10.1 Å². The molecule has 0 bridgehead atoms. The molecule has 0 aromatic heterocycles. The first kappa shape index (κ1) is 13.9. The van der Waals surface area contributed by atoms with Crippen molar-refractivity contribution >= 4 is 15.9 Å². The van der Waals surface area contributed by atoms with E-state index < -0.39 is 0 Å². The summed E-state index contributed by atoms with van der Waals surface area (Å²) < 4.78 is 7.05. The van der Waals surface area contributed by atoms with E-state index in [2.05, 4.69) is 46.4 Å². The normalized spacial score (nSPS) is 17.3. The highest BCUT2D eigenvalue weighted by molar-refractivity contribution is 9.10. The summed E-state index contributed by atoms with van der Waals surface area (Å²) in [4.78, 5) is 0. The van der Waals surface area contributed by atoms with Gasteiger partial charge in [0.05, 0.1) is 6.61 Å². The van der Waals surface area contributed by atoms with Crippen molar-refractivity contribution in [3.8, 4) is 5.75 Å². The summed E-state index contributed by atoms with van der Waals surface area (Å²) in [5.41, 5.74) is 1.23. The van der Waals surface area contributed by atoms with E-state index in [-0.39, 0.29) is 0 Å². The van der Waals surface area contributed by atoms with Crippen LogP contribution in [0.1, 0.15) is 44.2 Å². The van der Waals surface area contributed by atoms with Gasteiger partial charge in [0.1, 0.15) is 5.75 Å². The molecule has 0 radical (unpaired) electrons. The van der Waals surface area contributed by atoms with Crippen molar-refractivity contribution in [2.24, 2.45) is 5.92 Å². The topological polar surface area (TPSA) is 21.3 Å². The first-order chi connectivity index (χ1) is 8.70. The van der Waals surface area contributed by atoms with Crippen molar-refractivity contribution in [1.82, 2.24) is 5.32 Å². The molecular formula is C15H22BrNO. The van der Waals surface area contributed by atoms with Gasteiger partial charge < -0.3 is 10.1 Å². The second kappa shape index (κ2) is 6.58. The molecule has 2 nitrogen and oxygen atoms in total. The van der Waals surface area contributed by atoms with E-state index in [0.717, 1.165) is 22.7 Å². The summed E-state index contributed by atoms with van der Waals surface area (Å²) in [6.07, 6.45) is 5.38. The van der Waals surface area contributed by atoms with Crippen LogP contribution in [0.5, 0.6) is 5.75 Å². The molecule has 3 heteroatoms. The third-order valence-electron chi connectivity index (χ3n) is 3.88. The highest BCUT2D eigenvalue weighted by Crippen LogP contribution is 2.31. The molecule has 1 fully saturated rings. The average Bonchev–Trinajstić information content (AvgIpc) is 2.31. The van der Waals surface area contributed by atoms with E-state index in [1.54, 1.807) is 0 Å². The second-order valence-corrected chi connectivity index (χ2v) is 6.04. The Morgan fingerprint density at radius 1 is 1.44 bits per heavy atom. The molecule has 0 amide bonds. The third-order valence-corrected chi connectivity index (χ3v) is 4.38. The van der Waals surface area contributed by atoms with E-state index in [4.69, 9.17) is 4.74 Å². The number of benzene rings is 1. The van der Waals surface area contributed by atoms with Crippen LogP contribution in [0.4, 0.5) is 0 Å². The van der Waals surface area contributed by atoms with Crippen molar-refractivity contribution in [2.45, 2.75) is 38.6 Å². The van der Waals surface area contributed by atoms with Gasteiger partial charge in [0.2, 0.25) is 0 Å². The maximum absolute atomic E-state index is 5.98. The van der Waals surface area contributed by atoms with Crippen LogP contribution in [0.25, 0.3) is 0 Å². The first-order valence-corrected chi connectivity index (χ1v) is 7.59. The molecule has 1 aliphatic carbocycles. The average molecular weight is 312 g/mol. The van der Waals surface area contributed by atoms with E-state index in [9.17, 15) is 0 Å². The molecule has 1 aromatic rings. The lowest BCUT2D eigenvalue weighted by Gasteiger charge is -2.25. The minimum Gasteiger partial charge on any atom is -0.493 e. The van der Waals surface area contributed by atoms with Crippen molar-refractivity contribution in [1.29, 1.82) is 0 Å². The highest BCUT2D eigenvalue weighted by atomic mass is 79.9. The zero-order chi connectivity index (χ0) is 13.0. The number of hydrogen-bond acceptors (Lipinski definition) is 2. The fourth-order valence-electron chi connectivity index (χ4n) is 2.26. The number of hydrogen-bond donors (Lipinski definition) is 1. The molecule has 1 aromatic carbocycles. The summed E-state index contributed by atoms with van der Waals surface area (Å²) in [5.74, 6) is 1.91. The van der Waals surface area contributed by atoms with E-state index >= 15 is 0 Å². The van der Waals surface area contributed by atoms with Gasteiger partial charge in [-0.15, -0.1) is 0 Å². The number of ether oxygens (including phenoxy) is 1. The molecule has 0 aliphatic heterocycles. The largest absolute Gasteiger partial charge is 0.493 e. The molecule has 100 valence electrons. The number of nitrogens with one attached hydrogen (secondary N) is 1. The lowest BCUT2D eigenvalue weighted by molar-refractivity contribution is 0.220. The van der Waals surface area contributed by atoms with Crippen LogP contribution in [0.3, 0.4) is 0 Å². The van der Waals surface area contributed by atoms with Crippen molar-refractivity contribution < 1.29 is 4.74 Å². The number of halogens is 1. The smallest absolute Gasteiger partial charge is 0.125 e. The summed E-state index contributed by atoms with van der Waals surface area (Å²) >= 11 is 3.51. The molecule has 1 unspecified atom stereocenters. The van der Waals surface area contributed by atoms with Gasteiger partial charge in [-0.1, -0.05) is 41.3 Å². The minimum atomic E-state index is 0.316. The predicted molar refractivity (Wildman–Crippen MR) is 79.1 cm³/mol. The third kappa shape index (κ3) is 3.48. The van der Waals surface area contributed by atoms with Crippen molar-refractivity contribution in [2.75, 3.05) is 13.7 Å². The molecule has 0 heterocycles. The first-order valence-electron chi connectivity index (χ1n) is 6.80. The Morgan fingerprint density at radius 3 is 2.83 bits per heavy atom. The quantitative estimate of drug-likeness (QED) is 0.845. The van der Waals surface area contributed by atoms with Crippen LogP contribution >= 0.6 is 15.9 Å². The van der Waals surface area contributed by atoms with Crippen LogP contribution in [-0.4, -0.2) is 13.7 Å². The Bertz CT molecular complexity index is 390. The lowest BCUT2D eigenvalue weighted by atomic mass is 9.83. The maximum Gasteiger partial charge on any atom is 0.125 e. The molecule has 1 aliphatic rings. The molecule has 1 atom stereocenters. The zero-order valence-corrected chi connectivity index (χ0v) is 12.8. The Hall–Kier alpha value is -0.540. The van der Waals surface area contributed by atoms with Gasteiger partial charge in [-0.2, -0.15) is 0 Å². The predicted octanol–water partition coefficient (Wildman–Crippen LogP) is 4.30. The Morgan fingerprint density at radius 2 is 2.22 bits per heavy atom. The molecule has 2 rings (SSSR count). The molecule has 1 N–H and O–H groups in total. The summed E-state index contributed by atoms with van der Waals surface area (Å²) in [5, 5.41) is 3.27. The lowest BCUT2D eigenvalue weighted by Crippen LogP contribution is -2.16. The van der Waals surface area contributed by atoms with Gasteiger partial charge in [0, 0.05) is 16.1 Å². The van der Waals surface area contributed by atoms with E-state index in [1.165, 1.54) is 31.2 Å². The molecule has 0 spiro atoms. The van der Waals surface area contributed by atoms with Crippen LogP contribution in [0.15, 0.2) is 22.7 Å². The van der Waals surface area contributed by atoms with Gasteiger partial charge in [0.25, 0.3) is 0 Å². The summed E-state index contributed by atoms with van der Waals surface area (Å²) in [6, 6.07) is 6.59. The molecular weight excluding hydrogens is 290 g/mol. The molecule has 18 heavy (non-hydrogen) atoms. The van der Waals surface area contributed by atoms with Gasteiger partial charge in [-0.05, 0) is 38.4 Å². The minimum absolute atomic E-state index is 0.316. The van der Waals surface area contributed by atoms with Crippen LogP contribution in [-0.2, 0) is 0 Å². The van der Waals surface area contributed by atoms with Crippen LogP contribution in [0, 0.1) is 5.92 Å². The maximum atomic E-state index is 5.98. The van der Waals surface area contributed by atoms with Gasteiger partial charge in [-0.25, -0.2) is 0 Å². The van der Waals surface area contributed by atoms with Gasteiger partial charge in [0.15, 0.2) is 0 Å². The SMILES string of the molecule is CNC(C)c1ccc(Br)cc1OCCC1CCC1. The van der Waals surface area contributed by atoms with Crippen LogP contribution in [0.2, 0.25) is 0 Å². The van der Waals surface area contributed by atoms with E-state index in [1.807, 2.05) is 7.05 Å². The van der Waals surface area contributed by atoms with E-state index in [0.29, 0.717) is 6.04 Å². The van der Waals surface area contributed by atoms with Crippen molar-refractivity contribution in [3.63, 3.8) is 0 Å².